The van der Waals surface area contributed by atoms with E-state index in [1.54, 1.807) is 0 Å². The standard InChI is InChI=1S/C21H23F2N5O/c1-13-20-18(8-17(10-24-20)28(2)11-14-5-6-29-12-14)21(27-26-13)25-9-15-3-4-16(22)7-19(15)23/h3-4,7-8,10,14H,5-6,9,11-12H2,1-2H3,(H,25,27)/t14-/m0/s1. The summed E-state index contributed by atoms with van der Waals surface area (Å²) in [6.07, 6.45) is 2.89. The Morgan fingerprint density at radius 2 is 2.10 bits per heavy atom. The lowest BCUT2D eigenvalue weighted by atomic mass is 10.1. The van der Waals surface area contributed by atoms with E-state index < -0.39 is 11.6 Å². The second-order valence-electron chi connectivity index (χ2n) is 7.42. The third-order valence-electron chi connectivity index (χ3n) is 5.23. The van der Waals surface area contributed by atoms with Crippen molar-refractivity contribution in [2.75, 3.05) is 37.0 Å². The Balaban J connectivity index is 1.60. The predicted octanol–water partition coefficient (Wildman–Crippen LogP) is 3.70. The first kappa shape index (κ1) is 19.4. The van der Waals surface area contributed by atoms with E-state index in [1.807, 2.05) is 26.2 Å². The number of ether oxygens (including phenoxy) is 1. The highest BCUT2D eigenvalue weighted by atomic mass is 19.1. The van der Waals surface area contributed by atoms with Crippen molar-refractivity contribution in [3.05, 3.63) is 53.4 Å². The van der Waals surface area contributed by atoms with Crippen molar-refractivity contribution in [1.82, 2.24) is 15.2 Å². The van der Waals surface area contributed by atoms with Gasteiger partial charge in [0, 0.05) is 49.7 Å². The highest BCUT2D eigenvalue weighted by Crippen LogP contribution is 2.27. The molecule has 3 aromatic rings. The first-order valence-electron chi connectivity index (χ1n) is 9.61. The lowest BCUT2D eigenvalue weighted by Crippen LogP contribution is -2.25. The van der Waals surface area contributed by atoms with Crippen molar-refractivity contribution in [1.29, 1.82) is 0 Å². The van der Waals surface area contributed by atoms with E-state index in [4.69, 9.17) is 4.74 Å². The van der Waals surface area contributed by atoms with Gasteiger partial charge in [0.15, 0.2) is 5.82 Å². The Labute approximate surface area is 167 Å². The number of benzene rings is 1. The fraction of sp³-hybridized carbons (Fsp3) is 0.381. The summed E-state index contributed by atoms with van der Waals surface area (Å²) >= 11 is 0. The highest BCUT2D eigenvalue weighted by Gasteiger charge is 2.19. The number of anilines is 2. The number of pyridine rings is 1. The highest BCUT2D eigenvalue weighted by molar-refractivity contribution is 5.92. The van der Waals surface area contributed by atoms with Crippen LogP contribution >= 0.6 is 0 Å². The Morgan fingerprint density at radius 3 is 2.86 bits per heavy atom. The maximum atomic E-state index is 13.9. The molecule has 0 bridgehead atoms. The number of nitrogens with one attached hydrogen (secondary N) is 1. The summed E-state index contributed by atoms with van der Waals surface area (Å²) in [4.78, 5) is 6.74. The third kappa shape index (κ3) is 4.27. The van der Waals surface area contributed by atoms with Gasteiger partial charge < -0.3 is 15.0 Å². The van der Waals surface area contributed by atoms with Crippen molar-refractivity contribution in [2.24, 2.45) is 5.92 Å². The van der Waals surface area contributed by atoms with E-state index in [-0.39, 0.29) is 6.54 Å². The molecule has 0 amide bonds. The fourth-order valence-electron chi connectivity index (χ4n) is 3.55. The number of halogens is 2. The van der Waals surface area contributed by atoms with Crippen molar-refractivity contribution < 1.29 is 13.5 Å². The van der Waals surface area contributed by atoms with Crippen molar-refractivity contribution in [3.63, 3.8) is 0 Å². The molecule has 0 saturated carbocycles. The van der Waals surface area contributed by atoms with Crippen molar-refractivity contribution in [3.8, 4) is 0 Å². The van der Waals surface area contributed by atoms with E-state index in [0.29, 0.717) is 17.3 Å². The maximum Gasteiger partial charge on any atom is 0.158 e. The molecule has 1 aliphatic rings. The quantitative estimate of drug-likeness (QED) is 0.682. The molecule has 4 rings (SSSR count). The molecule has 0 spiro atoms. The van der Waals surface area contributed by atoms with Crippen LogP contribution in [0.3, 0.4) is 0 Å². The summed E-state index contributed by atoms with van der Waals surface area (Å²) < 4.78 is 32.5. The number of rotatable bonds is 6. The van der Waals surface area contributed by atoms with Crippen molar-refractivity contribution in [2.45, 2.75) is 19.9 Å². The summed E-state index contributed by atoms with van der Waals surface area (Å²) in [6.45, 7) is 4.50. The molecule has 1 N–H and O–H groups in total. The molecule has 1 saturated heterocycles. The number of hydrogen-bond donors (Lipinski definition) is 1. The lowest BCUT2D eigenvalue weighted by molar-refractivity contribution is 0.186. The molecule has 1 aromatic carbocycles. The molecule has 152 valence electrons. The Bertz CT molecular complexity index is 1020. The summed E-state index contributed by atoms with van der Waals surface area (Å²) in [6, 6.07) is 5.55. The molecule has 2 aromatic heterocycles. The van der Waals surface area contributed by atoms with Gasteiger partial charge in [-0.05, 0) is 25.5 Å². The second-order valence-corrected chi connectivity index (χ2v) is 7.42. The summed E-state index contributed by atoms with van der Waals surface area (Å²) in [5.74, 6) is -0.177. The van der Waals surface area contributed by atoms with E-state index in [2.05, 4.69) is 25.4 Å². The molecule has 8 heteroatoms. The van der Waals surface area contributed by atoms with Gasteiger partial charge in [0.05, 0.1) is 29.7 Å². The Hall–Kier alpha value is -2.87. The predicted molar refractivity (Wildman–Crippen MR) is 108 cm³/mol. The summed E-state index contributed by atoms with van der Waals surface area (Å²) in [7, 11) is 2.03. The van der Waals surface area contributed by atoms with Gasteiger partial charge in [-0.15, -0.1) is 5.10 Å². The van der Waals surface area contributed by atoms with E-state index in [9.17, 15) is 8.78 Å². The third-order valence-corrected chi connectivity index (χ3v) is 5.23. The van der Waals surface area contributed by atoms with Gasteiger partial charge in [-0.2, -0.15) is 5.10 Å². The van der Waals surface area contributed by atoms with Crippen LogP contribution in [-0.2, 0) is 11.3 Å². The minimum Gasteiger partial charge on any atom is -0.381 e. The van der Waals surface area contributed by atoms with Gasteiger partial charge in [0.25, 0.3) is 0 Å². The van der Waals surface area contributed by atoms with Crippen LogP contribution in [0.4, 0.5) is 20.3 Å². The topological polar surface area (TPSA) is 63.2 Å². The zero-order chi connectivity index (χ0) is 20.4. The molecule has 1 fully saturated rings. The molecule has 1 atom stereocenters. The first-order chi connectivity index (χ1) is 14.0. The second kappa shape index (κ2) is 8.24. The summed E-state index contributed by atoms with van der Waals surface area (Å²) in [5.41, 5.74) is 2.78. The van der Waals surface area contributed by atoms with Gasteiger partial charge in [0.1, 0.15) is 11.6 Å². The van der Waals surface area contributed by atoms with Crippen LogP contribution in [0.15, 0.2) is 30.5 Å². The smallest absolute Gasteiger partial charge is 0.158 e. The molecule has 3 heterocycles. The number of aryl methyl sites for hydroxylation is 1. The zero-order valence-corrected chi connectivity index (χ0v) is 16.5. The minimum atomic E-state index is -0.601. The number of hydrogen-bond acceptors (Lipinski definition) is 6. The van der Waals surface area contributed by atoms with E-state index in [1.165, 1.54) is 12.1 Å². The molecule has 29 heavy (non-hydrogen) atoms. The van der Waals surface area contributed by atoms with Crippen LogP contribution in [0.5, 0.6) is 0 Å². The maximum absolute atomic E-state index is 13.9. The van der Waals surface area contributed by atoms with Crippen LogP contribution in [0, 0.1) is 24.5 Å². The van der Waals surface area contributed by atoms with Crippen LogP contribution in [0.25, 0.3) is 10.9 Å². The molecule has 0 unspecified atom stereocenters. The Kier molecular flexibility index (Phi) is 5.53. The molecule has 6 nitrogen and oxygen atoms in total. The van der Waals surface area contributed by atoms with Gasteiger partial charge in [0.2, 0.25) is 0 Å². The average Bonchev–Trinajstić information content (AvgIpc) is 3.21. The van der Waals surface area contributed by atoms with Gasteiger partial charge in [-0.1, -0.05) is 6.07 Å². The van der Waals surface area contributed by atoms with Crippen molar-refractivity contribution >= 4 is 22.4 Å². The number of nitrogens with zero attached hydrogens (tertiary/aromatic N) is 4. The van der Waals surface area contributed by atoms with Crippen LogP contribution in [0.2, 0.25) is 0 Å². The molecule has 0 radical (unpaired) electrons. The normalized spacial score (nSPS) is 16.3. The SMILES string of the molecule is Cc1nnc(NCc2ccc(F)cc2F)c2cc(N(C)C[C@@H]3CCOC3)cnc12. The monoisotopic (exact) mass is 399 g/mol. The van der Waals surface area contributed by atoms with Crippen LogP contribution in [-0.4, -0.2) is 42.0 Å². The fourth-order valence-corrected chi connectivity index (χ4v) is 3.55. The van der Waals surface area contributed by atoms with Gasteiger partial charge in [-0.3, -0.25) is 4.98 Å². The van der Waals surface area contributed by atoms with Crippen LogP contribution in [0.1, 0.15) is 17.7 Å². The molecule has 1 aliphatic heterocycles. The zero-order valence-electron chi connectivity index (χ0n) is 16.5. The first-order valence-corrected chi connectivity index (χ1v) is 9.61. The minimum absolute atomic E-state index is 0.165. The average molecular weight is 399 g/mol. The molecule has 0 aliphatic carbocycles. The number of fused-ring (bicyclic) bond motifs is 1. The lowest BCUT2D eigenvalue weighted by Gasteiger charge is -2.22. The summed E-state index contributed by atoms with van der Waals surface area (Å²) in [5, 5.41) is 12.3. The Morgan fingerprint density at radius 1 is 1.24 bits per heavy atom. The van der Waals surface area contributed by atoms with E-state index in [0.717, 1.165) is 54.5 Å². The van der Waals surface area contributed by atoms with Gasteiger partial charge >= 0.3 is 0 Å². The van der Waals surface area contributed by atoms with Gasteiger partial charge in [-0.25, -0.2) is 8.78 Å². The van der Waals surface area contributed by atoms with Crippen LogP contribution < -0.4 is 10.2 Å². The largest absolute Gasteiger partial charge is 0.381 e. The molecular weight excluding hydrogens is 376 g/mol. The number of aromatic nitrogens is 3. The van der Waals surface area contributed by atoms with E-state index >= 15 is 0 Å². The molecular formula is C21H23F2N5O.